The first kappa shape index (κ1) is 14.2. The third kappa shape index (κ3) is 3.89. The van der Waals surface area contributed by atoms with Crippen molar-refractivity contribution in [1.29, 1.82) is 0 Å². The van der Waals surface area contributed by atoms with Crippen LogP contribution in [0.4, 0.5) is 5.95 Å². The minimum absolute atomic E-state index is 0.239. The summed E-state index contributed by atoms with van der Waals surface area (Å²) in [7, 11) is 0. The summed E-state index contributed by atoms with van der Waals surface area (Å²) in [6.45, 7) is 4.23. The van der Waals surface area contributed by atoms with Crippen LogP contribution in [0.25, 0.3) is 0 Å². The zero-order chi connectivity index (χ0) is 14.7. The van der Waals surface area contributed by atoms with Crippen LogP contribution >= 0.6 is 0 Å². The molecule has 7 nitrogen and oxygen atoms in total. The smallest absolute Gasteiger partial charge is 0.235 e. The first-order valence-electron chi connectivity index (χ1n) is 7.52. The molecule has 1 saturated heterocycles. The quantitative estimate of drug-likeness (QED) is 0.713. The molecule has 0 aromatic carbocycles. The van der Waals surface area contributed by atoms with Gasteiger partial charge in [0.25, 0.3) is 0 Å². The lowest BCUT2D eigenvalue weighted by Crippen LogP contribution is -2.54. The maximum atomic E-state index is 11.5. The highest BCUT2D eigenvalue weighted by Gasteiger charge is 2.29. The SMILES string of the molecule is NC(=O)C(CN1CCN(c2ncccn2)CC1)NC1CC1. The average molecular weight is 290 g/mol. The first-order chi connectivity index (χ1) is 10.2. The number of primary amides is 1. The van der Waals surface area contributed by atoms with Crippen molar-refractivity contribution < 1.29 is 4.79 Å². The zero-order valence-corrected chi connectivity index (χ0v) is 12.1. The van der Waals surface area contributed by atoms with Crippen molar-refractivity contribution in [3.8, 4) is 0 Å². The van der Waals surface area contributed by atoms with E-state index in [0.29, 0.717) is 12.6 Å². The van der Waals surface area contributed by atoms with Gasteiger partial charge in [0.2, 0.25) is 11.9 Å². The largest absolute Gasteiger partial charge is 0.368 e. The standard InChI is InChI=1S/C14H22N6O/c15-13(21)12(18-11-2-3-11)10-19-6-8-20(9-7-19)14-16-4-1-5-17-14/h1,4-5,11-12,18H,2-3,6-10H2,(H2,15,21). The van der Waals surface area contributed by atoms with Gasteiger partial charge in [0, 0.05) is 51.2 Å². The van der Waals surface area contributed by atoms with Gasteiger partial charge in [-0.3, -0.25) is 9.69 Å². The summed E-state index contributed by atoms with van der Waals surface area (Å²) in [5.41, 5.74) is 5.49. The molecule has 1 atom stereocenters. The molecular weight excluding hydrogens is 268 g/mol. The summed E-state index contributed by atoms with van der Waals surface area (Å²) in [5.74, 6) is 0.524. The van der Waals surface area contributed by atoms with Gasteiger partial charge in [-0.25, -0.2) is 9.97 Å². The van der Waals surface area contributed by atoms with Crippen molar-refractivity contribution in [2.24, 2.45) is 5.73 Å². The molecule has 3 N–H and O–H groups in total. The number of hydrogen-bond acceptors (Lipinski definition) is 6. The number of anilines is 1. The van der Waals surface area contributed by atoms with Crippen molar-refractivity contribution in [1.82, 2.24) is 20.2 Å². The van der Waals surface area contributed by atoms with Crippen LogP contribution in [0.2, 0.25) is 0 Å². The molecular formula is C14H22N6O. The van der Waals surface area contributed by atoms with Crippen molar-refractivity contribution >= 4 is 11.9 Å². The molecule has 0 spiro atoms. The van der Waals surface area contributed by atoms with Gasteiger partial charge in [-0.2, -0.15) is 0 Å². The molecule has 1 amide bonds. The third-order valence-electron chi connectivity index (χ3n) is 4.01. The molecule has 1 aromatic rings. The van der Waals surface area contributed by atoms with Gasteiger partial charge in [-0.05, 0) is 18.9 Å². The highest BCUT2D eigenvalue weighted by Crippen LogP contribution is 2.19. The van der Waals surface area contributed by atoms with E-state index in [1.807, 2.05) is 6.07 Å². The molecule has 7 heteroatoms. The van der Waals surface area contributed by atoms with Gasteiger partial charge in [0.05, 0.1) is 6.04 Å². The fraction of sp³-hybridized carbons (Fsp3) is 0.643. The van der Waals surface area contributed by atoms with Crippen molar-refractivity contribution in [2.75, 3.05) is 37.6 Å². The second-order valence-corrected chi connectivity index (χ2v) is 5.73. The maximum absolute atomic E-state index is 11.5. The number of piperazine rings is 1. The molecule has 3 rings (SSSR count). The molecule has 21 heavy (non-hydrogen) atoms. The molecule has 1 unspecified atom stereocenters. The Bertz CT molecular complexity index is 470. The van der Waals surface area contributed by atoms with Gasteiger partial charge < -0.3 is 16.0 Å². The van der Waals surface area contributed by atoms with Crippen LogP contribution < -0.4 is 16.0 Å². The minimum Gasteiger partial charge on any atom is -0.368 e. The monoisotopic (exact) mass is 290 g/mol. The Hall–Kier alpha value is -1.73. The lowest BCUT2D eigenvalue weighted by molar-refractivity contribution is -0.120. The van der Waals surface area contributed by atoms with Gasteiger partial charge >= 0.3 is 0 Å². The normalized spacial score (nSPS) is 21.2. The average Bonchev–Trinajstić information content (AvgIpc) is 3.32. The minimum atomic E-state index is -0.254. The Morgan fingerprint density at radius 3 is 2.52 bits per heavy atom. The predicted molar refractivity (Wildman–Crippen MR) is 79.8 cm³/mol. The van der Waals surface area contributed by atoms with Crippen LogP contribution in [-0.2, 0) is 4.79 Å². The Morgan fingerprint density at radius 2 is 1.95 bits per heavy atom. The summed E-state index contributed by atoms with van der Waals surface area (Å²) in [6, 6.07) is 2.07. The molecule has 1 aromatic heterocycles. The number of hydrogen-bond donors (Lipinski definition) is 2. The topological polar surface area (TPSA) is 87.4 Å². The summed E-state index contributed by atoms with van der Waals surface area (Å²) < 4.78 is 0. The second kappa shape index (κ2) is 6.36. The molecule has 114 valence electrons. The number of carbonyl (C=O) groups excluding carboxylic acids is 1. The van der Waals surface area contributed by atoms with E-state index in [4.69, 9.17) is 5.73 Å². The van der Waals surface area contributed by atoms with Crippen molar-refractivity contribution in [3.63, 3.8) is 0 Å². The fourth-order valence-electron chi connectivity index (χ4n) is 2.60. The number of carbonyl (C=O) groups is 1. The van der Waals surface area contributed by atoms with E-state index in [1.165, 1.54) is 0 Å². The first-order valence-corrected chi connectivity index (χ1v) is 7.52. The van der Waals surface area contributed by atoms with E-state index in [-0.39, 0.29) is 11.9 Å². The lowest BCUT2D eigenvalue weighted by Gasteiger charge is -2.36. The summed E-state index contributed by atoms with van der Waals surface area (Å²) in [5, 5.41) is 3.33. The summed E-state index contributed by atoms with van der Waals surface area (Å²) >= 11 is 0. The maximum Gasteiger partial charge on any atom is 0.235 e. The summed E-state index contributed by atoms with van der Waals surface area (Å²) in [6.07, 6.45) is 5.83. The Kier molecular flexibility index (Phi) is 4.31. The van der Waals surface area contributed by atoms with Gasteiger partial charge in [-0.1, -0.05) is 0 Å². The molecule has 0 bridgehead atoms. The highest BCUT2D eigenvalue weighted by atomic mass is 16.1. The van der Waals surface area contributed by atoms with Crippen LogP contribution in [-0.4, -0.2) is 65.6 Å². The number of amides is 1. The number of rotatable bonds is 6. The van der Waals surface area contributed by atoms with Crippen LogP contribution in [0.15, 0.2) is 18.5 Å². The van der Waals surface area contributed by atoms with Gasteiger partial charge in [-0.15, -0.1) is 0 Å². The van der Waals surface area contributed by atoms with Gasteiger partial charge in [0.1, 0.15) is 0 Å². The zero-order valence-electron chi connectivity index (χ0n) is 12.1. The van der Waals surface area contributed by atoms with Crippen LogP contribution in [0, 0.1) is 0 Å². The molecule has 2 aliphatic rings. The summed E-state index contributed by atoms with van der Waals surface area (Å²) in [4.78, 5) is 24.5. The number of nitrogens with one attached hydrogen (secondary N) is 1. The number of aromatic nitrogens is 2. The Morgan fingerprint density at radius 1 is 1.29 bits per heavy atom. The second-order valence-electron chi connectivity index (χ2n) is 5.73. The molecule has 1 aliphatic carbocycles. The van der Waals surface area contributed by atoms with Crippen LogP contribution in [0.3, 0.4) is 0 Å². The molecule has 0 radical (unpaired) electrons. The number of nitrogens with two attached hydrogens (primary N) is 1. The third-order valence-corrected chi connectivity index (χ3v) is 4.01. The van der Waals surface area contributed by atoms with E-state index in [1.54, 1.807) is 12.4 Å². The van der Waals surface area contributed by atoms with Gasteiger partial charge in [0.15, 0.2) is 0 Å². The lowest BCUT2D eigenvalue weighted by atomic mass is 10.2. The fourth-order valence-corrected chi connectivity index (χ4v) is 2.60. The van der Waals surface area contributed by atoms with Crippen molar-refractivity contribution in [2.45, 2.75) is 24.9 Å². The van der Waals surface area contributed by atoms with E-state index >= 15 is 0 Å². The van der Waals surface area contributed by atoms with Crippen molar-refractivity contribution in [3.05, 3.63) is 18.5 Å². The highest BCUT2D eigenvalue weighted by molar-refractivity contribution is 5.80. The molecule has 2 fully saturated rings. The molecule has 1 aliphatic heterocycles. The molecule has 2 heterocycles. The predicted octanol–water partition coefficient (Wildman–Crippen LogP) is -0.795. The molecule has 1 saturated carbocycles. The van der Waals surface area contributed by atoms with E-state index in [2.05, 4.69) is 25.1 Å². The van der Waals surface area contributed by atoms with Crippen LogP contribution in [0.1, 0.15) is 12.8 Å². The number of nitrogens with zero attached hydrogens (tertiary/aromatic N) is 4. The Labute approximate surface area is 124 Å². The van der Waals surface area contributed by atoms with E-state index in [9.17, 15) is 4.79 Å². The Balaban J connectivity index is 1.49. The van der Waals surface area contributed by atoms with Crippen LogP contribution in [0.5, 0.6) is 0 Å². The van der Waals surface area contributed by atoms with E-state index in [0.717, 1.165) is 45.0 Å². The van der Waals surface area contributed by atoms with E-state index < -0.39 is 0 Å².